The van der Waals surface area contributed by atoms with E-state index in [1.54, 1.807) is 0 Å². The van der Waals surface area contributed by atoms with E-state index >= 15 is 0 Å². The van der Waals surface area contributed by atoms with E-state index < -0.39 is 0 Å². The van der Waals surface area contributed by atoms with Gasteiger partial charge in [-0.15, -0.1) is 0 Å². The minimum atomic E-state index is 0.642. The third-order valence-electron chi connectivity index (χ3n) is 5.79. The molecule has 1 atom stereocenters. The van der Waals surface area contributed by atoms with E-state index in [2.05, 4.69) is 75.2 Å². The highest BCUT2D eigenvalue weighted by Gasteiger charge is 2.24. The van der Waals surface area contributed by atoms with Crippen molar-refractivity contribution < 1.29 is 0 Å². The molecule has 2 aromatic heterocycles. The molecule has 0 bridgehead atoms. The number of rotatable bonds is 5. The highest BCUT2D eigenvalue weighted by Crippen LogP contribution is 2.37. The third-order valence-corrected chi connectivity index (χ3v) is 5.79. The molecule has 2 aromatic carbocycles. The largest absolute Gasteiger partial charge is 0.330 e. The first-order valence-electron chi connectivity index (χ1n) is 10.2. The normalized spacial score (nSPS) is 17.1. The van der Waals surface area contributed by atoms with Crippen molar-refractivity contribution in [2.24, 2.45) is 5.92 Å². The van der Waals surface area contributed by atoms with Gasteiger partial charge in [0.1, 0.15) is 0 Å². The van der Waals surface area contributed by atoms with Gasteiger partial charge in [0, 0.05) is 29.8 Å². The first kappa shape index (κ1) is 17.9. The zero-order valence-electron chi connectivity index (χ0n) is 16.6. The Morgan fingerprint density at radius 1 is 1.00 bits per heavy atom. The Morgan fingerprint density at radius 3 is 2.41 bits per heavy atom. The molecule has 0 aliphatic carbocycles. The molecule has 29 heavy (non-hydrogen) atoms. The summed E-state index contributed by atoms with van der Waals surface area (Å²) in [6.07, 6.45) is 5.16. The van der Waals surface area contributed by atoms with E-state index in [0.717, 1.165) is 46.9 Å². The molecule has 1 saturated heterocycles. The molecule has 1 aliphatic heterocycles. The fourth-order valence-corrected chi connectivity index (χ4v) is 4.35. The van der Waals surface area contributed by atoms with Crippen molar-refractivity contribution in [2.45, 2.75) is 13.0 Å². The average Bonchev–Trinajstić information content (AvgIpc) is 3.49. The molecule has 1 N–H and O–H groups in total. The predicted molar refractivity (Wildman–Crippen MR) is 116 cm³/mol. The lowest BCUT2D eigenvalue weighted by Gasteiger charge is -2.15. The van der Waals surface area contributed by atoms with Crippen molar-refractivity contribution in [3.8, 4) is 33.8 Å². The van der Waals surface area contributed by atoms with Gasteiger partial charge in [0.15, 0.2) is 0 Å². The van der Waals surface area contributed by atoms with Gasteiger partial charge in [-0.05, 0) is 25.9 Å². The number of H-pyrrole nitrogens is 1. The molecule has 0 amide bonds. The maximum Gasteiger partial charge on any atom is 0.0964 e. The number of nitrogens with one attached hydrogen (secondary N) is 1. The van der Waals surface area contributed by atoms with Crippen LogP contribution in [-0.4, -0.2) is 44.8 Å². The second-order valence-electron chi connectivity index (χ2n) is 7.90. The molecule has 0 radical (unpaired) electrons. The number of likely N-dealkylation sites (tertiary alicyclic amines) is 1. The van der Waals surface area contributed by atoms with Crippen molar-refractivity contribution in [2.75, 3.05) is 20.1 Å². The number of hydrogen-bond acceptors (Lipinski definition) is 3. The predicted octanol–water partition coefficient (Wildman–Crippen LogP) is 4.56. The van der Waals surface area contributed by atoms with E-state index in [1.807, 2.05) is 24.7 Å². The van der Waals surface area contributed by atoms with E-state index in [0.29, 0.717) is 5.92 Å². The Labute approximate surface area is 171 Å². The number of aromatic nitrogens is 4. The quantitative estimate of drug-likeness (QED) is 0.550. The fraction of sp³-hybridized carbons (Fsp3) is 0.250. The molecule has 5 heteroatoms. The number of benzene rings is 2. The van der Waals surface area contributed by atoms with Crippen LogP contribution < -0.4 is 0 Å². The minimum Gasteiger partial charge on any atom is -0.330 e. The number of imidazole rings is 1. The summed E-state index contributed by atoms with van der Waals surface area (Å²) in [7, 11) is 2.20. The van der Waals surface area contributed by atoms with Gasteiger partial charge in [-0.25, -0.2) is 4.98 Å². The van der Waals surface area contributed by atoms with E-state index in [1.165, 1.54) is 13.0 Å². The van der Waals surface area contributed by atoms with Crippen LogP contribution in [0.2, 0.25) is 0 Å². The molecule has 5 rings (SSSR count). The zero-order chi connectivity index (χ0) is 19.6. The Bertz CT molecular complexity index is 1080. The molecule has 1 fully saturated rings. The molecular formula is C24H25N5. The lowest BCUT2D eigenvalue weighted by atomic mass is 10.0. The molecular weight excluding hydrogens is 358 g/mol. The summed E-state index contributed by atoms with van der Waals surface area (Å²) in [4.78, 5) is 7.26. The van der Waals surface area contributed by atoms with Gasteiger partial charge in [0.05, 0.1) is 29.6 Å². The maximum atomic E-state index is 4.85. The number of nitrogens with zero attached hydrogens (tertiary/aromatic N) is 4. The van der Waals surface area contributed by atoms with Gasteiger partial charge in [-0.2, -0.15) is 5.10 Å². The highest BCUT2D eigenvalue weighted by atomic mass is 15.1. The first-order valence-corrected chi connectivity index (χ1v) is 10.2. The second-order valence-corrected chi connectivity index (χ2v) is 7.90. The van der Waals surface area contributed by atoms with Gasteiger partial charge < -0.3 is 9.47 Å². The van der Waals surface area contributed by atoms with Crippen molar-refractivity contribution >= 4 is 0 Å². The average molecular weight is 383 g/mol. The maximum absolute atomic E-state index is 4.85. The molecule has 0 unspecified atom stereocenters. The van der Waals surface area contributed by atoms with Crippen LogP contribution in [0.1, 0.15) is 6.42 Å². The highest BCUT2D eigenvalue weighted by molar-refractivity contribution is 5.86. The van der Waals surface area contributed by atoms with E-state index in [9.17, 15) is 0 Å². The summed E-state index contributed by atoms with van der Waals surface area (Å²) in [5.74, 6) is 0.642. The Kier molecular flexibility index (Phi) is 4.74. The Morgan fingerprint density at radius 2 is 1.72 bits per heavy atom. The standard InChI is InChI=1S/C24H25N5/c1-28-13-12-18(15-28)16-29-17-25-23(20-10-6-3-7-11-20)24(29)21-14-26-27-22(21)19-8-4-2-5-9-19/h2-11,14,17-18H,12-13,15-16H2,1H3,(H,26,27)/t18-/m1/s1. The number of hydrogen-bond donors (Lipinski definition) is 1. The molecule has 0 spiro atoms. The van der Waals surface area contributed by atoms with E-state index in [4.69, 9.17) is 4.98 Å². The van der Waals surface area contributed by atoms with Crippen LogP contribution in [0.3, 0.4) is 0 Å². The SMILES string of the molecule is CN1CC[C@@H](Cn2cnc(-c3ccccc3)c2-c2cn[nH]c2-c2ccccc2)C1. The Hall–Kier alpha value is -3.18. The smallest absolute Gasteiger partial charge is 0.0964 e. The van der Waals surface area contributed by atoms with Crippen LogP contribution in [0, 0.1) is 5.92 Å². The lowest BCUT2D eigenvalue weighted by molar-refractivity contribution is 0.378. The second kappa shape index (κ2) is 7.68. The van der Waals surface area contributed by atoms with Crippen LogP contribution >= 0.6 is 0 Å². The van der Waals surface area contributed by atoms with Crippen LogP contribution in [0.4, 0.5) is 0 Å². The minimum absolute atomic E-state index is 0.642. The van der Waals surface area contributed by atoms with Crippen LogP contribution in [0.25, 0.3) is 33.8 Å². The summed E-state index contributed by atoms with van der Waals surface area (Å²) >= 11 is 0. The molecule has 146 valence electrons. The topological polar surface area (TPSA) is 49.7 Å². The summed E-state index contributed by atoms with van der Waals surface area (Å²) in [6.45, 7) is 3.27. The zero-order valence-corrected chi connectivity index (χ0v) is 16.6. The monoisotopic (exact) mass is 383 g/mol. The van der Waals surface area contributed by atoms with Crippen molar-refractivity contribution in [1.29, 1.82) is 0 Å². The van der Waals surface area contributed by atoms with Gasteiger partial charge in [0.25, 0.3) is 0 Å². The Balaban J connectivity index is 1.63. The number of aromatic amines is 1. The van der Waals surface area contributed by atoms with Gasteiger partial charge in [-0.3, -0.25) is 5.10 Å². The van der Waals surface area contributed by atoms with Gasteiger partial charge in [0.2, 0.25) is 0 Å². The van der Waals surface area contributed by atoms with Crippen LogP contribution in [0.15, 0.2) is 73.2 Å². The van der Waals surface area contributed by atoms with Crippen LogP contribution in [-0.2, 0) is 6.54 Å². The van der Waals surface area contributed by atoms with Gasteiger partial charge >= 0.3 is 0 Å². The third kappa shape index (κ3) is 3.49. The molecule has 0 saturated carbocycles. The molecule has 1 aliphatic rings. The van der Waals surface area contributed by atoms with Crippen molar-refractivity contribution in [1.82, 2.24) is 24.6 Å². The summed E-state index contributed by atoms with van der Waals surface area (Å²) in [5.41, 5.74) is 6.54. The van der Waals surface area contributed by atoms with Crippen molar-refractivity contribution in [3.05, 3.63) is 73.2 Å². The lowest BCUT2D eigenvalue weighted by Crippen LogP contribution is -2.17. The summed E-state index contributed by atoms with van der Waals surface area (Å²) < 4.78 is 2.32. The van der Waals surface area contributed by atoms with Crippen molar-refractivity contribution in [3.63, 3.8) is 0 Å². The molecule has 3 heterocycles. The molecule has 4 aromatic rings. The van der Waals surface area contributed by atoms with Crippen LogP contribution in [0.5, 0.6) is 0 Å². The first-order chi connectivity index (χ1) is 14.3. The van der Waals surface area contributed by atoms with Gasteiger partial charge in [-0.1, -0.05) is 60.7 Å². The van der Waals surface area contributed by atoms with E-state index in [-0.39, 0.29) is 0 Å². The summed E-state index contributed by atoms with van der Waals surface area (Å²) in [6, 6.07) is 20.8. The molecule has 5 nitrogen and oxygen atoms in total. The summed E-state index contributed by atoms with van der Waals surface area (Å²) in [5, 5.41) is 7.62. The fourth-order valence-electron chi connectivity index (χ4n) is 4.35.